The van der Waals surface area contributed by atoms with Crippen LogP contribution in [0.15, 0.2) is 29.8 Å². The minimum atomic E-state index is 0.273. The predicted octanol–water partition coefficient (Wildman–Crippen LogP) is 3.41. The Morgan fingerprint density at radius 3 is 2.88 bits per heavy atom. The van der Waals surface area contributed by atoms with Crippen LogP contribution in [0.3, 0.4) is 0 Å². The molecule has 1 unspecified atom stereocenters. The van der Waals surface area contributed by atoms with Crippen LogP contribution in [0, 0.1) is 6.92 Å². The zero-order valence-electron chi connectivity index (χ0n) is 9.96. The molecule has 1 aromatic rings. The molecule has 0 aliphatic heterocycles. The highest BCUT2D eigenvalue weighted by Crippen LogP contribution is 2.26. The molecule has 0 saturated carbocycles. The van der Waals surface area contributed by atoms with Crippen molar-refractivity contribution in [3.05, 3.63) is 40.9 Å². The van der Waals surface area contributed by atoms with E-state index in [1.165, 1.54) is 16.7 Å². The summed E-state index contributed by atoms with van der Waals surface area (Å²) in [4.78, 5) is 0. The quantitative estimate of drug-likeness (QED) is 0.850. The summed E-state index contributed by atoms with van der Waals surface area (Å²) in [6, 6.07) is 6.46. The van der Waals surface area contributed by atoms with Crippen LogP contribution >= 0.6 is 11.6 Å². The molecule has 2 nitrogen and oxygen atoms in total. The van der Waals surface area contributed by atoms with Gasteiger partial charge in [0.1, 0.15) is 12.4 Å². The normalized spacial score (nSPS) is 13.0. The number of nitrogens with one attached hydrogen (secondary N) is 1. The van der Waals surface area contributed by atoms with Crippen LogP contribution in [-0.2, 0) is 0 Å². The van der Waals surface area contributed by atoms with E-state index in [2.05, 4.69) is 25.2 Å². The van der Waals surface area contributed by atoms with Gasteiger partial charge in [-0.25, -0.2) is 0 Å². The van der Waals surface area contributed by atoms with Gasteiger partial charge in [0.2, 0.25) is 0 Å². The van der Waals surface area contributed by atoms with Gasteiger partial charge in [-0.1, -0.05) is 29.3 Å². The minimum absolute atomic E-state index is 0.273. The Kier molecular flexibility index (Phi) is 5.36. The van der Waals surface area contributed by atoms with E-state index in [-0.39, 0.29) is 6.04 Å². The Morgan fingerprint density at radius 2 is 2.25 bits per heavy atom. The van der Waals surface area contributed by atoms with Gasteiger partial charge in [-0.3, -0.25) is 0 Å². The molecule has 1 atom stereocenters. The molecule has 0 saturated heterocycles. The topological polar surface area (TPSA) is 21.3 Å². The second-order valence-electron chi connectivity index (χ2n) is 3.72. The molecule has 1 aromatic carbocycles. The third-order valence-electron chi connectivity index (χ3n) is 2.49. The summed E-state index contributed by atoms with van der Waals surface area (Å²) >= 11 is 5.45. The molecule has 1 rings (SSSR count). The molecule has 0 radical (unpaired) electrons. The average Bonchev–Trinajstić information content (AvgIpc) is 2.30. The molecule has 0 spiro atoms. The number of halogens is 1. The van der Waals surface area contributed by atoms with E-state index in [4.69, 9.17) is 16.3 Å². The summed E-state index contributed by atoms with van der Waals surface area (Å²) in [5.74, 6) is 0.905. The van der Waals surface area contributed by atoms with Gasteiger partial charge in [0.05, 0.1) is 0 Å². The minimum Gasteiger partial charge on any atom is -0.489 e. The maximum absolute atomic E-state index is 5.64. The van der Waals surface area contributed by atoms with E-state index in [9.17, 15) is 0 Å². The van der Waals surface area contributed by atoms with E-state index >= 15 is 0 Å². The summed E-state index contributed by atoms with van der Waals surface area (Å²) in [6.07, 6.45) is 1.77. The second kappa shape index (κ2) is 6.56. The molecule has 0 amide bonds. The first-order valence-corrected chi connectivity index (χ1v) is 5.78. The van der Waals surface area contributed by atoms with Crippen LogP contribution < -0.4 is 10.1 Å². The number of ether oxygens (including phenoxy) is 1. The van der Waals surface area contributed by atoms with E-state index in [1.54, 1.807) is 6.08 Å². The monoisotopic (exact) mass is 239 g/mol. The molecular weight excluding hydrogens is 222 g/mol. The van der Waals surface area contributed by atoms with Crippen LogP contribution in [0.5, 0.6) is 5.75 Å². The Labute approximate surface area is 102 Å². The number of aryl methyl sites for hydroxylation is 1. The largest absolute Gasteiger partial charge is 0.489 e. The van der Waals surface area contributed by atoms with Crippen molar-refractivity contribution < 1.29 is 4.74 Å². The molecule has 0 fully saturated rings. The first kappa shape index (κ1) is 13.1. The first-order chi connectivity index (χ1) is 7.69. The average molecular weight is 240 g/mol. The summed E-state index contributed by atoms with van der Waals surface area (Å²) in [6.45, 7) is 4.68. The third kappa shape index (κ3) is 3.54. The highest BCUT2D eigenvalue weighted by atomic mass is 35.5. The lowest BCUT2D eigenvalue weighted by atomic mass is 10.0. The molecule has 0 aliphatic carbocycles. The number of rotatable bonds is 5. The SMILES string of the molecule is CNC(C)c1cc(C)ccc1OC/C=C/Cl. The smallest absolute Gasteiger partial charge is 0.124 e. The molecule has 0 bridgehead atoms. The van der Waals surface area contributed by atoms with Crippen molar-refractivity contribution in [1.29, 1.82) is 0 Å². The number of hydrogen-bond acceptors (Lipinski definition) is 2. The molecule has 0 heterocycles. The van der Waals surface area contributed by atoms with Crippen molar-refractivity contribution in [3.63, 3.8) is 0 Å². The number of hydrogen-bond donors (Lipinski definition) is 1. The fraction of sp³-hybridized carbons (Fsp3) is 0.385. The molecule has 88 valence electrons. The van der Waals surface area contributed by atoms with E-state index in [0.717, 1.165) is 5.75 Å². The van der Waals surface area contributed by atoms with Crippen molar-refractivity contribution in [3.8, 4) is 5.75 Å². The van der Waals surface area contributed by atoms with Gasteiger partial charge < -0.3 is 10.1 Å². The van der Waals surface area contributed by atoms with Gasteiger partial charge in [0, 0.05) is 17.1 Å². The van der Waals surface area contributed by atoms with Crippen molar-refractivity contribution in [2.45, 2.75) is 19.9 Å². The van der Waals surface area contributed by atoms with Gasteiger partial charge in [-0.05, 0) is 33.0 Å². The molecule has 3 heteroatoms. The fourth-order valence-electron chi connectivity index (χ4n) is 1.47. The van der Waals surface area contributed by atoms with Crippen molar-refractivity contribution in [1.82, 2.24) is 5.32 Å². The van der Waals surface area contributed by atoms with Gasteiger partial charge in [0.15, 0.2) is 0 Å². The Bertz CT molecular complexity index is 363. The first-order valence-electron chi connectivity index (χ1n) is 5.35. The highest BCUT2D eigenvalue weighted by molar-refractivity contribution is 6.25. The van der Waals surface area contributed by atoms with E-state index < -0.39 is 0 Å². The Balaban J connectivity index is 2.88. The maximum atomic E-state index is 5.64. The van der Waals surface area contributed by atoms with Crippen LogP contribution in [0.2, 0.25) is 0 Å². The Morgan fingerprint density at radius 1 is 1.50 bits per heavy atom. The lowest BCUT2D eigenvalue weighted by Crippen LogP contribution is -2.14. The summed E-state index contributed by atoms with van der Waals surface area (Å²) in [5, 5.41) is 3.22. The third-order valence-corrected chi connectivity index (χ3v) is 2.67. The van der Waals surface area contributed by atoms with Crippen molar-refractivity contribution >= 4 is 11.6 Å². The van der Waals surface area contributed by atoms with Gasteiger partial charge in [0.25, 0.3) is 0 Å². The van der Waals surface area contributed by atoms with Crippen LogP contribution in [0.4, 0.5) is 0 Å². The zero-order chi connectivity index (χ0) is 12.0. The predicted molar refractivity (Wildman–Crippen MR) is 69.1 cm³/mol. The van der Waals surface area contributed by atoms with Crippen LogP contribution in [-0.4, -0.2) is 13.7 Å². The molecule has 0 aliphatic rings. The standard InChI is InChI=1S/C13H18ClNO/c1-10-5-6-13(16-8-4-7-14)12(9-10)11(2)15-3/h4-7,9,11,15H,8H2,1-3H3/b7-4+. The lowest BCUT2D eigenvalue weighted by Gasteiger charge is -2.16. The molecular formula is C13H18ClNO. The van der Waals surface area contributed by atoms with Crippen LogP contribution in [0.25, 0.3) is 0 Å². The summed E-state index contributed by atoms with van der Waals surface area (Å²) < 4.78 is 5.64. The van der Waals surface area contributed by atoms with E-state index in [0.29, 0.717) is 6.61 Å². The number of benzene rings is 1. The van der Waals surface area contributed by atoms with Gasteiger partial charge in [-0.2, -0.15) is 0 Å². The zero-order valence-corrected chi connectivity index (χ0v) is 10.7. The lowest BCUT2D eigenvalue weighted by molar-refractivity contribution is 0.355. The summed E-state index contributed by atoms with van der Waals surface area (Å²) in [5.41, 5.74) is 3.87. The fourth-order valence-corrected chi connectivity index (χ4v) is 1.54. The van der Waals surface area contributed by atoms with Gasteiger partial charge >= 0.3 is 0 Å². The molecule has 16 heavy (non-hydrogen) atoms. The van der Waals surface area contributed by atoms with Crippen molar-refractivity contribution in [2.24, 2.45) is 0 Å². The van der Waals surface area contributed by atoms with E-state index in [1.807, 2.05) is 19.2 Å². The van der Waals surface area contributed by atoms with Gasteiger partial charge in [-0.15, -0.1) is 0 Å². The Hall–Kier alpha value is -0.990. The summed E-state index contributed by atoms with van der Waals surface area (Å²) in [7, 11) is 1.94. The molecule has 1 N–H and O–H groups in total. The van der Waals surface area contributed by atoms with Crippen molar-refractivity contribution in [2.75, 3.05) is 13.7 Å². The maximum Gasteiger partial charge on any atom is 0.124 e. The second-order valence-corrected chi connectivity index (χ2v) is 3.98. The molecule has 0 aromatic heterocycles. The highest BCUT2D eigenvalue weighted by Gasteiger charge is 2.09. The van der Waals surface area contributed by atoms with Crippen LogP contribution in [0.1, 0.15) is 24.1 Å².